The molecule has 1 N–H and O–H groups in total. The highest BCUT2D eigenvalue weighted by Crippen LogP contribution is 2.30. The summed E-state index contributed by atoms with van der Waals surface area (Å²) in [7, 11) is 0. The molecule has 0 aliphatic carbocycles. The quantitative estimate of drug-likeness (QED) is 0.867. The zero-order valence-corrected chi connectivity index (χ0v) is 12.2. The topological polar surface area (TPSA) is 69.6 Å². The van der Waals surface area contributed by atoms with Crippen molar-refractivity contribution < 1.29 is 9.90 Å². The number of carboxylic acids is 1. The van der Waals surface area contributed by atoms with Crippen LogP contribution in [0.15, 0.2) is 11.4 Å². The van der Waals surface area contributed by atoms with Gasteiger partial charge in [0, 0.05) is 26.2 Å². The summed E-state index contributed by atoms with van der Waals surface area (Å²) >= 11 is 7.56. The van der Waals surface area contributed by atoms with Crippen LogP contribution in [0.5, 0.6) is 0 Å². The minimum absolute atomic E-state index is 0.0901. The first-order valence-corrected chi connectivity index (χ1v) is 7.49. The van der Waals surface area contributed by atoms with Crippen molar-refractivity contribution in [2.45, 2.75) is 0 Å². The van der Waals surface area contributed by atoms with Crippen LogP contribution in [-0.2, 0) is 4.79 Å². The van der Waals surface area contributed by atoms with Crippen LogP contribution in [0.1, 0.15) is 0 Å². The lowest BCUT2D eigenvalue weighted by molar-refractivity contribution is -0.138. The van der Waals surface area contributed by atoms with Gasteiger partial charge >= 0.3 is 5.97 Å². The number of carboxylic acid groups (broad SMARTS) is 1. The zero-order chi connectivity index (χ0) is 14.1. The number of nitrogens with zero attached hydrogens (tertiary/aromatic N) is 4. The average Bonchev–Trinajstić information content (AvgIpc) is 2.86. The van der Waals surface area contributed by atoms with Crippen LogP contribution in [0.25, 0.3) is 10.2 Å². The number of carbonyl (C=O) groups is 1. The fourth-order valence-electron chi connectivity index (χ4n) is 2.34. The van der Waals surface area contributed by atoms with Gasteiger partial charge in [0.05, 0.1) is 16.8 Å². The highest BCUT2D eigenvalue weighted by atomic mass is 35.5. The van der Waals surface area contributed by atoms with Crippen LogP contribution in [0, 0.1) is 0 Å². The van der Waals surface area contributed by atoms with Crippen molar-refractivity contribution in [1.82, 2.24) is 14.9 Å². The molecule has 0 saturated carbocycles. The number of thiophene rings is 1. The second-order valence-electron chi connectivity index (χ2n) is 4.61. The maximum absolute atomic E-state index is 10.7. The van der Waals surface area contributed by atoms with Gasteiger partial charge in [0.2, 0.25) is 5.28 Å². The fraction of sp³-hybridized carbons (Fsp3) is 0.417. The van der Waals surface area contributed by atoms with Crippen molar-refractivity contribution in [3.8, 4) is 0 Å². The van der Waals surface area contributed by atoms with Gasteiger partial charge in [-0.15, -0.1) is 11.3 Å². The Morgan fingerprint density at radius 2 is 2.10 bits per heavy atom. The predicted octanol–water partition coefficient (Wildman–Crippen LogP) is 1.55. The first kappa shape index (κ1) is 13.5. The van der Waals surface area contributed by atoms with E-state index in [9.17, 15) is 4.79 Å². The maximum Gasteiger partial charge on any atom is 0.317 e. The summed E-state index contributed by atoms with van der Waals surface area (Å²) in [6.45, 7) is 3.00. The van der Waals surface area contributed by atoms with Gasteiger partial charge in [0.25, 0.3) is 0 Å². The SMILES string of the molecule is O=C(O)CN1CCN(c2nc(Cl)nc3ccsc23)CC1. The molecular weight excluding hydrogens is 300 g/mol. The van der Waals surface area contributed by atoms with E-state index in [1.807, 2.05) is 16.3 Å². The smallest absolute Gasteiger partial charge is 0.317 e. The second kappa shape index (κ2) is 5.51. The van der Waals surface area contributed by atoms with Gasteiger partial charge in [0.15, 0.2) is 5.82 Å². The summed E-state index contributed by atoms with van der Waals surface area (Å²) in [5, 5.41) is 11.0. The molecule has 0 spiro atoms. The third-order valence-corrected chi connectivity index (χ3v) is 4.36. The van der Waals surface area contributed by atoms with Crippen LogP contribution in [0.3, 0.4) is 0 Å². The lowest BCUT2D eigenvalue weighted by Crippen LogP contribution is -2.48. The monoisotopic (exact) mass is 312 g/mol. The van der Waals surface area contributed by atoms with Crippen molar-refractivity contribution >= 4 is 44.9 Å². The maximum atomic E-state index is 10.7. The number of anilines is 1. The van der Waals surface area contributed by atoms with E-state index >= 15 is 0 Å². The normalized spacial score (nSPS) is 16.8. The summed E-state index contributed by atoms with van der Waals surface area (Å²) in [6.07, 6.45) is 0. The van der Waals surface area contributed by atoms with E-state index in [1.54, 1.807) is 11.3 Å². The Bertz CT molecular complexity index is 639. The number of hydrogen-bond donors (Lipinski definition) is 1. The molecule has 1 aliphatic heterocycles. The highest BCUT2D eigenvalue weighted by Gasteiger charge is 2.22. The van der Waals surface area contributed by atoms with Crippen LogP contribution in [0.4, 0.5) is 5.82 Å². The molecular formula is C12H13ClN4O2S. The summed E-state index contributed by atoms with van der Waals surface area (Å²) < 4.78 is 1.03. The molecule has 0 amide bonds. The second-order valence-corrected chi connectivity index (χ2v) is 5.86. The number of halogens is 1. The molecule has 1 fully saturated rings. The summed E-state index contributed by atoms with van der Waals surface area (Å²) in [5.41, 5.74) is 0.859. The van der Waals surface area contributed by atoms with Gasteiger partial charge in [-0.05, 0) is 23.0 Å². The van der Waals surface area contributed by atoms with Crippen molar-refractivity contribution in [3.63, 3.8) is 0 Å². The molecule has 0 unspecified atom stereocenters. The molecule has 6 nitrogen and oxygen atoms in total. The summed E-state index contributed by atoms with van der Waals surface area (Å²) in [4.78, 5) is 23.3. The summed E-state index contributed by atoms with van der Waals surface area (Å²) in [6, 6.07) is 1.93. The zero-order valence-electron chi connectivity index (χ0n) is 10.6. The van der Waals surface area contributed by atoms with E-state index in [-0.39, 0.29) is 11.8 Å². The first-order valence-electron chi connectivity index (χ1n) is 6.23. The van der Waals surface area contributed by atoms with E-state index in [2.05, 4.69) is 14.9 Å². The molecule has 1 aliphatic rings. The Balaban J connectivity index is 1.79. The molecule has 3 rings (SSSR count). The Labute approximate surface area is 124 Å². The standard InChI is InChI=1S/C12H13ClN4O2S/c13-12-14-8-1-6-20-10(8)11(15-12)17-4-2-16(3-5-17)7-9(18)19/h1,6H,2-5,7H2,(H,18,19). The Morgan fingerprint density at radius 1 is 1.35 bits per heavy atom. The minimum Gasteiger partial charge on any atom is -0.480 e. The average molecular weight is 313 g/mol. The van der Waals surface area contributed by atoms with E-state index in [1.165, 1.54) is 0 Å². The molecule has 20 heavy (non-hydrogen) atoms. The van der Waals surface area contributed by atoms with Gasteiger partial charge in [-0.2, -0.15) is 4.98 Å². The van der Waals surface area contributed by atoms with E-state index in [0.717, 1.165) is 29.1 Å². The van der Waals surface area contributed by atoms with Crippen molar-refractivity contribution in [2.24, 2.45) is 0 Å². The lowest BCUT2D eigenvalue weighted by atomic mass is 10.3. The Morgan fingerprint density at radius 3 is 2.80 bits per heavy atom. The first-order chi connectivity index (χ1) is 9.63. The van der Waals surface area contributed by atoms with Crippen molar-refractivity contribution in [2.75, 3.05) is 37.6 Å². The molecule has 2 aromatic rings. The van der Waals surface area contributed by atoms with Gasteiger partial charge < -0.3 is 10.0 Å². The fourth-order valence-corrected chi connectivity index (χ4v) is 3.36. The van der Waals surface area contributed by atoms with Crippen LogP contribution >= 0.6 is 22.9 Å². The molecule has 8 heteroatoms. The van der Waals surface area contributed by atoms with E-state index < -0.39 is 5.97 Å². The molecule has 3 heterocycles. The summed E-state index contributed by atoms with van der Waals surface area (Å²) in [5.74, 6) is 0.0640. The Hall–Kier alpha value is -1.44. The van der Waals surface area contributed by atoms with Crippen molar-refractivity contribution in [3.05, 3.63) is 16.7 Å². The van der Waals surface area contributed by atoms with Gasteiger partial charge in [-0.25, -0.2) is 4.98 Å². The molecule has 0 bridgehead atoms. The molecule has 0 atom stereocenters. The van der Waals surface area contributed by atoms with E-state index in [0.29, 0.717) is 13.1 Å². The lowest BCUT2D eigenvalue weighted by Gasteiger charge is -2.34. The largest absolute Gasteiger partial charge is 0.480 e. The molecule has 0 radical (unpaired) electrons. The number of rotatable bonds is 3. The van der Waals surface area contributed by atoms with Crippen LogP contribution in [0.2, 0.25) is 5.28 Å². The van der Waals surface area contributed by atoms with Crippen LogP contribution in [-0.4, -0.2) is 58.7 Å². The number of hydrogen-bond acceptors (Lipinski definition) is 6. The highest BCUT2D eigenvalue weighted by molar-refractivity contribution is 7.17. The minimum atomic E-state index is -0.788. The molecule has 0 aromatic carbocycles. The van der Waals surface area contributed by atoms with Crippen LogP contribution < -0.4 is 4.90 Å². The molecule has 2 aromatic heterocycles. The number of fused-ring (bicyclic) bond motifs is 1. The van der Waals surface area contributed by atoms with E-state index in [4.69, 9.17) is 16.7 Å². The molecule has 106 valence electrons. The number of piperazine rings is 1. The van der Waals surface area contributed by atoms with Gasteiger partial charge in [-0.1, -0.05) is 0 Å². The van der Waals surface area contributed by atoms with Gasteiger partial charge in [0.1, 0.15) is 0 Å². The van der Waals surface area contributed by atoms with Gasteiger partial charge in [-0.3, -0.25) is 9.69 Å². The number of aromatic nitrogens is 2. The third-order valence-electron chi connectivity index (χ3n) is 3.29. The molecule has 1 saturated heterocycles. The predicted molar refractivity (Wildman–Crippen MR) is 78.7 cm³/mol. The Kier molecular flexibility index (Phi) is 3.73. The van der Waals surface area contributed by atoms with Crippen molar-refractivity contribution in [1.29, 1.82) is 0 Å². The number of aliphatic carboxylic acids is 1. The third kappa shape index (κ3) is 2.70.